The summed E-state index contributed by atoms with van der Waals surface area (Å²) in [5.41, 5.74) is 4.70. The summed E-state index contributed by atoms with van der Waals surface area (Å²) >= 11 is 0. The minimum Gasteiger partial charge on any atom is -0.462 e. The van der Waals surface area contributed by atoms with Crippen LogP contribution in [0.1, 0.15) is 42.5 Å². The first kappa shape index (κ1) is 31.1. The van der Waals surface area contributed by atoms with Gasteiger partial charge in [-0.15, -0.1) is 0 Å². The third kappa shape index (κ3) is 6.02. The molecule has 12 heteroatoms. The average molecular weight is 648 g/mol. The predicted octanol–water partition coefficient (Wildman–Crippen LogP) is 3.04. The Labute approximate surface area is 272 Å². The summed E-state index contributed by atoms with van der Waals surface area (Å²) in [6.07, 6.45) is 5.87. The van der Waals surface area contributed by atoms with Crippen LogP contribution < -0.4 is 14.5 Å². The second kappa shape index (κ2) is 12.3. The number of ether oxygens (including phenoxy) is 1. The summed E-state index contributed by atoms with van der Waals surface area (Å²) in [7, 11) is 0.611. The van der Waals surface area contributed by atoms with Gasteiger partial charge in [-0.25, -0.2) is 8.42 Å². The van der Waals surface area contributed by atoms with Crippen LogP contribution in [0.5, 0.6) is 6.01 Å². The number of amides is 1. The Hall–Kier alpha value is -3.48. The lowest BCUT2D eigenvalue weighted by atomic mass is 9.98. The van der Waals surface area contributed by atoms with E-state index in [4.69, 9.17) is 14.7 Å². The lowest BCUT2D eigenvalue weighted by Crippen LogP contribution is -2.48. The molecule has 0 spiro atoms. The highest BCUT2D eigenvalue weighted by molar-refractivity contribution is 7.88. The highest BCUT2D eigenvalue weighted by atomic mass is 32.2. The predicted molar refractivity (Wildman–Crippen MR) is 180 cm³/mol. The van der Waals surface area contributed by atoms with E-state index in [1.54, 1.807) is 4.90 Å². The number of fused-ring (bicyclic) bond motifs is 2. The lowest BCUT2D eigenvalue weighted by molar-refractivity contribution is -0.132. The van der Waals surface area contributed by atoms with Gasteiger partial charge in [0, 0.05) is 61.9 Å². The largest absolute Gasteiger partial charge is 0.462 e. The number of likely N-dealkylation sites (tertiary alicyclic amines) is 1. The van der Waals surface area contributed by atoms with Gasteiger partial charge in [0.2, 0.25) is 15.9 Å². The maximum atomic E-state index is 13.1. The Kier molecular flexibility index (Phi) is 8.31. The van der Waals surface area contributed by atoms with Crippen molar-refractivity contribution in [2.45, 2.75) is 63.7 Å². The van der Waals surface area contributed by atoms with E-state index in [9.17, 15) is 13.2 Å². The SMILES string of the molecule is Cc1cccc2cccc(N3CCc4c(nc(OC[C@@H]5CCCN5C)nc4N4CCC(N(C)C(=O)C5CN5S(C)(=O)=O)CC4)C3)c12. The third-order valence-corrected chi connectivity index (χ3v) is 11.7. The number of anilines is 2. The van der Waals surface area contributed by atoms with Crippen molar-refractivity contribution in [3.63, 3.8) is 0 Å². The molecule has 3 atom stereocenters. The van der Waals surface area contributed by atoms with Gasteiger partial charge in [-0.2, -0.15) is 14.3 Å². The molecule has 4 aliphatic rings. The van der Waals surface area contributed by atoms with Crippen LogP contribution in [0.2, 0.25) is 0 Å². The van der Waals surface area contributed by atoms with Crippen LogP contribution in [-0.2, 0) is 27.8 Å². The molecule has 3 fully saturated rings. The molecule has 5 heterocycles. The summed E-state index contributed by atoms with van der Waals surface area (Å²) < 4.78 is 31.4. The van der Waals surface area contributed by atoms with Crippen LogP contribution in [0.3, 0.4) is 0 Å². The van der Waals surface area contributed by atoms with Gasteiger partial charge in [0.05, 0.1) is 18.5 Å². The Morgan fingerprint density at radius 3 is 2.48 bits per heavy atom. The van der Waals surface area contributed by atoms with E-state index in [1.807, 2.05) is 7.05 Å². The third-order valence-electron chi connectivity index (χ3n) is 10.5. The Morgan fingerprint density at radius 2 is 1.78 bits per heavy atom. The number of nitrogens with zero attached hydrogens (tertiary/aromatic N) is 7. The number of likely N-dealkylation sites (N-methyl/N-ethyl adjacent to an activating group) is 2. The summed E-state index contributed by atoms with van der Waals surface area (Å²) in [5.74, 6) is 0.839. The Balaban J connectivity index is 1.12. The Bertz CT molecular complexity index is 1740. The molecule has 246 valence electrons. The van der Waals surface area contributed by atoms with Crippen molar-refractivity contribution in [3.8, 4) is 6.01 Å². The number of carbonyl (C=O) groups excluding carboxylic acids is 1. The highest BCUT2D eigenvalue weighted by Gasteiger charge is 2.49. The van der Waals surface area contributed by atoms with Gasteiger partial charge in [-0.1, -0.05) is 30.3 Å². The van der Waals surface area contributed by atoms with Crippen molar-refractivity contribution in [1.29, 1.82) is 0 Å². The van der Waals surface area contributed by atoms with E-state index in [0.717, 1.165) is 69.6 Å². The molecular formula is C34H45N7O4S. The molecular weight excluding hydrogens is 602 g/mol. The monoisotopic (exact) mass is 647 g/mol. The molecule has 0 radical (unpaired) electrons. The zero-order valence-electron chi connectivity index (χ0n) is 27.4. The van der Waals surface area contributed by atoms with E-state index < -0.39 is 16.1 Å². The first-order valence-electron chi connectivity index (χ1n) is 16.5. The standard InChI is InChI=1S/C34H45N7O4S/c1-23-8-5-9-24-10-6-12-29(31(23)24)40-19-15-27-28(20-40)35-34(45-22-26-11-7-16-37(26)2)36-32(27)39-17-13-25(14-18-39)38(3)33(42)30-21-41(30)46(4,43)44/h5-6,8-10,12,25-26,30H,7,11,13-22H2,1-4H3/t26-,30?,41?/m0/s1. The van der Waals surface area contributed by atoms with Crippen LogP contribution in [0.4, 0.5) is 11.5 Å². The van der Waals surface area contributed by atoms with Crippen molar-refractivity contribution in [2.75, 3.05) is 69.5 Å². The first-order valence-corrected chi connectivity index (χ1v) is 18.4. The molecule has 7 rings (SSSR count). The summed E-state index contributed by atoms with van der Waals surface area (Å²) in [6.45, 7) is 7.18. The topological polar surface area (TPSA) is 102 Å². The maximum absolute atomic E-state index is 13.1. The fraction of sp³-hybridized carbons (Fsp3) is 0.559. The van der Waals surface area contributed by atoms with Gasteiger partial charge in [0.1, 0.15) is 18.5 Å². The number of carbonyl (C=O) groups is 1. The minimum atomic E-state index is -3.35. The van der Waals surface area contributed by atoms with Crippen molar-refractivity contribution in [2.24, 2.45) is 0 Å². The minimum absolute atomic E-state index is 0.0575. The van der Waals surface area contributed by atoms with Crippen molar-refractivity contribution in [3.05, 3.63) is 53.2 Å². The van der Waals surface area contributed by atoms with Gasteiger partial charge >= 0.3 is 6.01 Å². The number of aromatic nitrogens is 2. The molecule has 0 bridgehead atoms. The number of sulfonamides is 1. The van der Waals surface area contributed by atoms with Crippen molar-refractivity contribution >= 4 is 38.2 Å². The fourth-order valence-electron chi connectivity index (χ4n) is 7.62. The molecule has 2 unspecified atom stereocenters. The zero-order valence-corrected chi connectivity index (χ0v) is 28.2. The number of benzene rings is 2. The molecule has 2 aromatic carbocycles. The van der Waals surface area contributed by atoms with E-state index in [-0.39, 0.29) is 18.5 Å². The quantitative estimate of drug-likeness (QED) is 0.342. The van der Waals surface area contributed by atoms with Gasteiger partial charge in [-0.05, 0) is 69.6 Å². The number of rotatable bonds is 8. The molecule has 4 aliphatic heterocycles. The van der Waals surface area contributed by atoms with E-state index >= 15 is 0 Å². The maximum Gasteiger partial charge on any atom is 0.318 e. The molecule has 0 N–H and O–H groups in total. The summed E-state index contributed by atoms with van der Waals surface area (Å²) in [5, 5.41) is 2.53. The van der Waals surface area contributed by atoms with Crippen molar-refractivity contribution < 1.29 is 17.9 Å². The van der Waals surface area contributed by atoms with E-state index in [0.29, 0.717) is 25.2 Å². The smallest absolute Gasteiger partial charge is 0.318 e. The molecule has 3 aromatic rings. The van der Waals surface area contributed by atoms with Crippen LogP contribution in [0.25, 0.3) is 10.8 Å². The van der Waals surface area contributed by atoms with Gasteiger partial charge < -0.3 is 24.3 Å². The van der Waals surface area contributed by atoms with Crippen LogP contribution in [-0.4, -0.2) is 116 Å². The molecule has 3 saturated heterocycles. The molecule has 0 saturated carbocycles. The Morgan fingerprint density at radius 1 is 1.02 bits per heavy atom. The molecule has 0 aliphatic carbocycles. The summed E-state index contributed by atoms with van der Waals surface area (Å²) in [6, 6.07) is 13.3. The normalized spacial score (nSPS) is 23.9. The number of hydrogen-bond acceptors (Lipinski definition) is 9. The second-order valence-electron chi connectivity index (χ2n) is 13.5. The summed E-state index contributed by atoms with van der Waals surface area (Å²) in [4.78, 5) is 32.0. The lowest BCUT2D eigenvalue weighted by Gasteiger charge is -2.39. The van der Waals surface area contributed by atoms with Crippen LogP contribution >= 0.6 is 0 Å². The molecule has 11 nitrogen and oxygen atoms in total. The number of aryl methyl sites for hydroxylation is 1. The number of piperidine rings is 1. The van der Waals surface area contributed by atoms with E-state index in [2.05, 4.69) is 65.1 Å². The zero-order chi connectivity index (χ0) is 32.2. The highest BCUT2D eigenvalue weighted by Crippen LogP contribution is 2.36. The average Bonchev–Trinajstić information content (AvgIpc) is 3.78. The first-order chi connectivity index (χ1) is 22.1. The van der Waals surface area contributed by atoms with Gasteiger partial charge in [0.15, 0.2) is 0 Å². The molecule has 1 amide bonds. The second-order valence-corrected chi connectivity index (χ2v) is 15.4. The molecule has 46 heavy (non-hydrogen) atoms. The van der Waals surface area contributed by atoms with Gasteiger partial charge in [0.25, 0.3) is 0 Å². The molecule has 1 aromatic heterocycles. The van der Waals surface area contributed by atoms with Gasteiger partial charge in [-0.3, -0.25) is 4.79 Å². The van der Waals surface area contributed by atoms with Crippen LogP contribution in [0, 0.1) is 6.92 Å². The fourth-order valence-corrected chi connectivity index (χ4v) is 8.59. The van der Waals surface area contributed by atoms with Crippen LogP contribution in [0.15, 0.2) is 36.4 Å². The van der Waals surface area contributed by atoms with Crippen molar-refractivity contribution in [1.82, 2.24) is 24.1 Å². The van der Waals surface area contributed by atoms with E-state index in [1.165, 1.54) is 38.3 Å². The number of hydrogen-bond donors (Lipinski definition) is 0.